The first-order chi connectivity index (χ1) is 29.8. The predicted molar refractivity (Wildman–Crippen MR) is 210 cm³/mol. The fourth-order valence-electron chi connectivity index (χ4n) is 7.54. The summed E-state index contributed by atoms with van der Waals surface area (Å²) in [5, 5.41) is 135. The Morgan fingerprint density at radius 3 is 1.38 bits per heavy atom. The van der Waals surface area contributed by atoms with Crippen LogP contribution in [0.2, 0.25) is 0 Å². The first-order valence-corrected chi connectivity index (χ1v) is 18.4. The molecule has 0 aromatic heterocycles. The van der Waals surface area contributed by atoms with Gasteiger partial charge in [-0.2, -0.15) is 0 Å². The smallest absolute Gasteiger partial charge is 0.338 e. The molecule has 2 aliphatic rings. The molecule has 0 aliphatic carbocycles. The van der Waals surface area contributed by atoms with E-state index in [0.717, 1.165) is 66.7 Å². The third-order valence-electron chi connectivity index (χ3n) is 10.5. The van der Waals surface area contributed by atoms with Crippen LogP contribution in [0.4, 0.5) is 0 Å². The number of carbonyl (C=O) groups excluding carboxylic acids is 2. The molecule has 0 bridgehead atoms. The normalized spacial score (nSPS) is 17.7. The van der Waals surface area contributed by atoms with E-state index in [9.17, 15) is 80.8 Å². The van der Waals surface area contributed by atoms with E-state index >= 15 is 0 Å². The molecule has 0 saturated heterocycles. The molecule has 6 aromatic carbocycles. The van der Waals surface area contributed by atoms with Gasteiger partial charge in [0.1, 0.15) is 46.7 Å². The number of phenols is 12. The summed E-state index contributed by atoms with van der Waals surface area (Å²) in [6.07, 6.45) is -7.15. The molecule has 0 fully saturated rings. The van der Waals surface area contributed by atoms with Crippen molar-refractivity contribution in [2.24, 2.45) is 0 Å². The van der Waals surface area contributed by atoms with Crippen molar-refractivity contribution < 1.29 is 94.9 Å². The number of ether oxygens (including phenoxy) is 4. The van der Waals surface area contributed by atoms with Crippen LogP contribution in [0.1, 0.15) is 55.2 Å². The molecule has 2 aliphatic heterocycles. The lowest BCUT2D eigenvalue weighted by molar-refractivity contribution is -0.0194. The highest BCUT2D eigenvalue weighted by molar-refractivity contribution is 5.95. The second-order valence-electron chi connectivity index (χ2n) is 14.6. The van der Waals surface area contributed by atoms with Crippen LogP contribution in [-0.2, 0) is 22.3 Å². The Morgan fingerprint density at radius 2 is 0.905 bits per heavy atom. The van der Waals surface area contributed by atoms with Crippen LogP contribution < -0.4 is 14.9 Å². The van der Waals surface area contributed by atoms with Crippen LogP contribution in [0, 0.1) is 0 Å². The Hall–Kier alpha value is -8.81. The van der Waals surface area contributed by atoms with Gasteiger partial charge in [-0.3, -0.25) is 4.79 Å². The molecule has 20 heteroatoms. The van der Waals surface area contributed by atoms with Crippen LogP contribution >= 0.6 is 0 Å². The Morgan fingerprint density at radius 1 is 0.476 bits per heavy atom. The average Bonchev–Trinajstić information content (AvgIpc) is 3.35. The number of hydrogen-bond donors (Lipinski definition) is 13. The molecular weight excluding hydrogens is 836 g/mol. The first-order valence-electron chi connectivity index (χ1n) is 18.4. The molecule has 2 heterocycles. The maximum Gasteiger partial charge on any atom is 0.338 e. The van der Waals surface area contributed by atoms with Crippen molar-refractivity contribution in [3.63, 3.8) is 0 Å². The van der Waals surface area contributed by atoms with Gasteiger partial charge in [0, 0.05) is 59.4 Å². The molecule has 8 rings (SSSR count). The van der Waals surface area contributed by atoms with Crippen LogP contribution in [0.25, 0.3) is 10.8 Å². The van der Waals surface area contributed by atoms with Crippen LogP contribution in [-0.4, -0.2) is 90.5 Å². The van der Waals surface area contributed by atoms with Crippen molar-refractivity contribution >= 4 is 22.7 Å². The van der Waals surface area contributed by atoms with Crippen molar-refractivity contribution in [3.8, 4) is 86.2 Å². The van der Waals surface area contributed by atoms with Crippen molar-refractivity contribution in [1.29, 1.82) is 0 Å². The molecular formula is C43H32O20. The molecule has 6 aromatic rings. The number of rotatable bonds is 6. The van der Waals surface area contributed by atoms with Crippen LogP contribution in [0.5, 0.6) is 86.2 Å². The number of aromatic hydroxyl groups is 13. The standard InChI is InChI=1S/C43H32O20/c44-17-7-23(46)21-12-33(62-42(58)15-3-25(48)36(54)26(49)4-15)40(60-31(21)9-17)14-1-19-20(11-30(53)39(57)35(19)38(56)29(52)2-14)41-34(13-22-24(47)8-18(45)10-32(22)61-41)63-43(59)16-5-27(50)37(55)28(51)6-16/h1-11,33-34,40-41,44-51,53-55,57H,12-13H2,(H,52,56)/t33-,34+,40-,41+/m0/s1. The van der Waals surface area contributed by atoms with E-state index in [1.54, 1.807) is 0 Å². The lowest BCUT2D eigenvalue weighted by Crippen LogP contribution is -2.35. The summed E-state index contributed by atoms with van der Waals surface area (Å²) in [6.45, 7) is 0. The van der Waals surface area contributed by atoms with Gasteiger partial charge in [-0.15, -0.1) is 0 Å². The van der Waals surface area contributed by atoms with Gasteiger partial charge in [-0.25, -0.2) is 9.59 Å². The molecule has 0 spiro atoms. The summed E-state index contributed by atoms with van der Waals surface area (Å²) < 4.78 is 23.9. The number of benzene rings is 5. The van der Waals surface area contributed by atoms with Crippen LogP contribution in [0.3, 0.4) is 0 Å². The molecule has 63 heavy (non-hydrogen) atoms. The SMILES string of the molecule is O=C(O[C@H]1Cc2c(O)cc(O)cc2O[C@H]1c1cc(O)c(=O)c2c(O)c(O)cc([C@H]3Oc4cc(O)cc(O)c4C[C@H]3OC(=O)c3cc(O)c(O)c(O)c3)c2c1)c1cc(O)c(O)c(O)c1. The van der Waals surface area contributed by atoms with Crippen molar-refractivity contribution in [2.75, 3.05) is 0 Å². The van der Waals surface area contributed by atoms with E-state index in [1.807, 2.05) is 0 Å². The predicted octanol–water partition coefficient (Wildman–Crippen LogP) is 4.18. The van der Waals surface area contributed by atoms with Crippen molar-refractivity contribution in [1.82, 2.24) is 0 Å². The molecule has 0 saturated carbocycles. The molecule has 0 unspecified atom stereocenters. The molecule has 13 N–H and O–H groups in total. The number of fused-ring (bicyclic) bond motifs is 3. The minimum Gasteiger partial charge on any atom is -0.508 e. The largest absolute Gasteiger partial charge is 0.508 e. The van der Waals surface area contributed by atoms with Gasteiger partial charge in [0.05, 0.1) is 16.5 Å². The van der Waals surface area contributed by atoms with Crippen molar-refractivity contribution in [2.45, 2.75) is 37.3 Å². The highest BCUT2D eigenvalue weighted by Gasteiger charge is 2.41. The summed E-state index contributed by atoms with van der Waals surface area (Å²) in [4.78, 5) is 41.1. The maximum atomic E-state index is 14.0. The summed E-state index contributed by atoms with van der Waals surface area (Å²) in [5.74, 6) is -13.2. The minimum absolute atomic E-state index is 0.000315. The lowest BCUT2D eigenvalue weighted by atomic mass is 9.89. The number of phenolic OH excluding ortho intramolecular Hbond substituents is 12. The van der Waals surface area contributed by atoms with E-state index in [0.29, 0.717) is 0 Å². The zero-order chi connectivity index (χ0) is 45.3. The van der Waals surface area contributed by atoms with Crippen molar-refractivity contribution in [3.05, 3.63) is 110 Å². The Bertz CT molecular complexity index is 2950. The fourth-order valence-corrected chi connectivity index (χ4v) is 7.54. The Labute approximate surface area is 351 Å². The van der Waals surface area contributed by atoms with Crippen LogP contribution in [0.15, 0.2) is 71.5 Å². The molecule has 20 nitrogen and oxygen atoms in total. The number of hydrogen-bond acceptors (Lipinski definition) is 20. The maximum absolute atomic E-state index is 14.0. The molecule has 324 valence electrons. The monoisotopic (exact) mass is 868 g/mol. The van der Waals surface area contributed by atoms with Gasteiger partial charge in [-0.1, -0.05) is 0 Å². The quantitative estimate of drug-likeness (QED) is 0.0824. The third kappa shape index (κ3) is 7.19. The van der Waals surface area contributed by atoms with Gasteiger partial charge < -0.3 is 85.3 Å². The number of esters is 2. The van der Waals surface area contributed by atoms with Gasteiger partial charge >= 0.3 is 11.9 Å². The molecule has 0 amide bonds. The first kappa shape index (κ1) is 40.9. The lowest BCUT2D eigenvalue weighted by Gasteiger charge is -2.35. The summed E-state index contributed by atoms with van der Waals surface area (Å²) in [5.41, 5.74) is -2.71. The summed E-state index contributed by atoms with van der Waals surface area (Å²) in [7, 11) is 0. The second kappa shape index (κ2) is 15.0. The van der Waals surface area contributed by atoms with Gasteiger partial charge in [0.15, 0.2) is 64.0 Å². The van der Waals surface area contributed by atoms with E-state index in [-0.39, 0.29) is 45.6 Å². The van der Waals surface area contributed by atoms with Gasteiger partial charge in [0.2, 0.25) is 5.43 Å². The summed E-state index contributed by atoms with van der Waals surface area (Å²) >= 11 is 0. The van der Waals surface area contributed by atoms with Gasteiger partial charge in [0.25, 0.3) is 0 Å². The zero-order valence-electron chi connectivity index (χ0n) is 31.7. The fraction of sp³-hybridized carbons (Fsp3) is 0.140. The molecule has 4 atom stereocenters. The second-order valence-corrected chi connectivity index (χ2v) is 14.6. The zero-order valence-corrected chi connectivity index (χ0v) is 31.7. The average molecular weight is 869 g/mol. The number of carbonyl (C=O) groups is 2. The third-order valence-corrected chi connectivity index (χ3v) is 10.5. The minimum atomic E-state index is -1.65. The highest BCUT2D eigenvalue weighted by Crippen LogP contribution is 2.49. The van der Waals surface area contributed by atoms with Gasteiger partial charge in [-0.05, 0) is 47.9 Å². The Kier molecular flexibility index (Phi) is 9.77. The van der Waals surface area contributed by atoms with E-state index in [4.69, 9.17) is 18.9 Å². The van der Waals surface area contributed by atoms with E-state index < -0.39 is 139 Å². The Balaban J connectivity index is 1.31. The summed E-state index contributed by atoms with van der Waals surface area (Å²) in [6, 6.07) is 10.2. The topological polar surface area (TPSA) is 351 Å². The highest BCUT2D eigenvalue weighted by atomic mass is 16.6. The van der Waals surface area contributed by atoms with E-state index in [2.05, 4.69) is 0 Å². The van der Waals surface area contributed by atoms with E-state index in [1.165, 1.54) is 0 Å². The molecule has 0 radical (unpaired) electrons.